The van der Waals surface area contributed by atoms with E-state index in [4.69, 9.17) is 65.7 Å². The number of ether oxygens (including phenoxy) is 8. The SMILES string of the molecule is C.COC(=O)CCSc1cnc(N2CCC3(CC2)CO[C@@H](C)[C@H]3NC(=O)OC(C)(C)C)n2ccnc12.C[C@@H]1OCC2(CCCCC2)[C@@H]1N.C[C@@H]1OCC2(CCN(c3nc[c-]c4nccn34)CC2)[C@@H]1NC(=O)OC(C)(C)C.C[C@@H]1OCC2(CCN(c3ncc(Br)c4nccn34)CC2)[C@@H]1NC(=O)OC(C)(C)C.Clc1ncc(Br)c2nccn12.N=N/N=N/N=N/N=N/N=N/N=N/N=N/N=N/N.[Na+].[SH-]. The molecular weight excluding hydrogens is 1950 g/mol. The number of esters is 1. The normalized spacial score (nSPS) is 22.2. The van der Waals surface area contributed by atoms with Crippen molar-refractivity contribution in [2.45, 2.75) is 245 Å². The van der Waals surface area contributed by atoms with E-state index in [-0.39, 0.29) is 133 Å². The number of amides is 3. The predicted octanol–water partition coefficient (Wildman–Crippen LogP) is 12.8. The molecule has 8 aliphatic rings. The Bertz CT molecular complexity index is 5350. The van der Waals surface area contributed by atoms with E-state index in [1.807, 2.05) is 121 Å². The second kappa shape index (κ2) is 50.7. The Balaban J connectivity index is 0.000000207. The average Bonchev–Trinajstić information content (AvgIpc) is 1.65. The van der Waals surface area contributed by atoms with Crippen molar-refractivity contribution in [3.8, 4) is 0 Å². The van der Waals surface area contributed by atoms with Crippen LogP contribution in [0.3, 0.4) is 0 Å². The maximum absolute atomic E-state index is 12.5. The first kappa shape index (κ1) is 111. The number of hydrogen-bond donors (Lipinski definition) is 6. The van der Waals surface area contributed by atoms with E-state index in [0.717, 1.165) is 139 Å². The summed E-state index contributed by atoms with van der Waals surface area (Å²) in [7, 11) is 1.40. The molecule has 15 heterocycles. The molecule has 3 amide bonds. The molecule has 8 fully saturated rings. The first-order chi connectivity index (χ1) is 63.0. The van der Waals surface area contributed by atoms with E-state index in [0.29, 0.717) is 42.7 Å². The second-order valence-electron chi connectivity index (χ2n) is 35.9. The Morgan fingerprint density at radius 2 is 0.874 bits per heavy atom. The fourth-order valence-corrected chi connectivity index (χ4v) is 19.3. The van der Waals surface area contributed by atoms with Gasteiger partial charge in [0.2, 0.25) is 23.1 Å². The average molecular weight is 2070 g/mol. The molecule has 54 heteroatoms. The minimum Gasteiger partial charge on any atom is -0.813 e. The van der Waals surface area contributed by atoms with E-state index in [9.17, 15) is 19.2 Å². The number of nitrogens with two attached hydrogens (primary N) is 2. The summed E-state index contributed by atoms with van der Waals surface area (Å²) in [5, 5.41) is 52.9. The Kier molecular flexibility index (Phi) is 41.6. The minimum atomic E-state index is -0.547. The smallest absolute Gasteiger partial charge is 0.813 e. The molecule has 0 aromatic carbocycles. The van der Waals surface area contributed by atoms with Gasteiger partial charge in [-0.05, 0) is 264 Å². The van der Waals surface area contributed by atoms with E-state index >= 15 is 0 Å². The summed E-state index contributed by atoms with van der Waals surface area (Å²) in [6.45, 7) is 32.7. The molecule has 0 bridgehead atoms. The third-order valence-electron chi connectivity index (χ3n) is 23.8. The third kappa shape index (κ3) is 29.8. The number of piperidine rings is 3. The molecule has 7 aliphatic heterocycles. The third-order valence-corrected chi connectivity index (χ3v) is 26.2. The van der Waals surface area contributed by atoms with Gasteiger partial charge in [-0.3, -0.25) is 28.0 Å². The van der Waals surface area contributed by atoms with Crippen LogP contribution in [0, 0.1) is 33.3 Å². The number of methoxy groups -OCH3 is 1. The minimum absolute atomic E-state index is 0. The number of alkyl carbamates (subject to hydrolysis) is 3. The Morgan fingerprint density at radius 3 is 1.28 bits per heavy atom. The van der Waals surface area contributed by atoms with Gasteiger partial charge in [0.05, 0.1) is 96.3 Å². The number of nitrogens with one attached hydrogen (secondary N) is 4. The standard InChI is InChI=1S/C24H35N5O5S.C20H28BrN5O3.C20H28N5O3.C10H19NO.C6H3BrClN3.CH4.H3N17.Na.H2S/c1-16-19(27-22(31)34-23(2,3)4)24(15-33-16)7-10-28(11-8-24)21-26-14-17(20-25-9-12-29(20)21)35-13-6-18(30)32-5;1-13-15(24-18(27)29-19(2,3)4)20(12-28-13)5-8-25(9-6-20)17-23-11-14(21)16-22-7-10-26(16)17;1-14-16(23-18(26)28-19(2,3)4)20(13-27-14)6-10-24(11-7-20)17-22-8-5-15-21-9-12-25(15)17;1-8-9(11)10(7-12-8)5-3-2-4-6-10;7-4-3-10-6(8)11-2-1-9-5(4)11;;1-3-5-7-9-11-13-15-17-16-14-12-10-8-6-4-2;;/h9,12,14,16,19H,6-8,10-11,13,15H2,1-5H3,(H,27,31);7,10-11,13,15H,5-6,8-9,12H2,1-4H3,(H,24,27);8-9,12,14,16H,6-7,10-11,13H2,1-4H3,(H,23,26);8-9H,2-7,11H2,1H3;1-3H;1H4;(H3,1,2,5,6,9,10,13,14,17);;1H2/q;;-1;;;;;+1;/p-1/t16-,19+;13-,15+;14-,16+;8-,9+;;;;;/m0000...../s1. The van der Waals surface area contributed by atoms with Crippen LogP contribution < -0.4 is 71.8 Å². The summed E-state index contributed by atoms with van der Waals surface area (Å²) >= 11 is 14.1. The summed E-state index contributed by atoms with van der Waals surface area (Å²) in [5.74, 6) is 7.56. The number of anilines is 3. The fraction of sp³-hybridized carbons (Fsp3) is 0.654. The van der Waals surface area contributed by atoms with Gasteiger partial charge in [0.15, 0.2) is 16.9 Å². The number of fused-ring (bicyclic) bond motifs is 4. The van der Waals surface area contributed by atoms with E-state index in [1.54, 1.807) is 65.7 Å². The van der Waals surface area contributed by atoms with Gasteiger partial charge in [-0.1, -0.05) is 31.9 Å². The molecule has 1 saturated carbocycles. The van der Waals surface area contributed by atoms with Crippen LogP contribution in [0.25, 0.3) is 22.6 Å². The number of aromatic nitrogens is 12. The van der Waals surface area contributed by atoms with E-state index < -0.39 is 22.9 Å². The molecule has 4 spiro atoms. The number of hydrogen-bond acceptors (Lipinski definition) is 28. The number of rotatable bonds is 17. The number of thiol groups is 1. The first-order valence-electron chi connectivity index (χ1n) is 43.2. The zero-order valence-electron chi connectivity index (χ0n) is 77.8. The molecule has 732 valence electrons. The van der Waals surface area contributed by atoms with Crippen molar-refractivity contribution in [1.82, 2.24) is 73.4 Å². The van der Waals surface area contributed by atoms with E-state index in [2.05, 4.69) is 195 Å². The maximum Gasteiger partial charge on any atom is 1.00 e. The summed E-state index contributed by atoms with van der Waals surface area (Å²) in [6, 6.07) is 3.11. The van der Waals surface area contributed by atoms with Crippen LogP contribution in [-0.2, 0) is 56.2 Å². The summed E-state index contributed by atoms with van der Waals surface area (Å²) in [4.78, 5) is 91.5. The molecule has 16 rings (SSSR count). The van der Waals surface area contributed by atoms with Crippen LogP contribution in [0.1, 0.15) is 174 Å². The fourth-order valence-electron chi connectivity index (χ4n) is 17.4. The molecule has 48 nitrogen and oxygen atoms in total. The molecule has 8 aromatic heterocycles. The maximum atomic E-state index is 12.5. The second-order valence-corrected chi connectivity index (χ2v) is 39.1. The van der Waals surface area contributed by atoms with Gasteiger partial charge in [-0.2, -0.15) is 5.53 Å². The van der Waals surface area contributed by atoms with Gasteiger partial charge in [-0.25, -0.2) is 44.3 Å². The number of thioether (sulfide) groups is 1. The van der Waals surface area contributed by atoms with Crippen LogP contribution in [0.15, 0.2) is 167 Å². The van der Waals surface area contributed by atoms with Crippen LogP contribution in [0.4, 0.5) is 32.2 Å². The first-order valence-corrected chi connectivity index (χ1v) is 46.1. The molecule has 0 unspecified atom stereocenters. The topological polar surface area (TPSA) is 570 Å². The van der Waals surface area contributed by atoms with Gasteiger partial charge in [0.25, 0.3) is 0 Å². The van der Waals surface area contributed by atoms with Crippen molar-refractivity contribution >= 4 is 133 Å². The monoisotopic (exact) mass is 2070 g/mol. The van der Waals surface area contributed by atoms with Gasteiger partial charge in [-0.15, -0.1) is 18.0 Å². The molecular formula is C81H121Br2ClN36NaO12S2-. The van der Waals surface area contributed by atoms with Crippen LogP contribution >= 0.6 is 55.2 Å². The number of imidazole rings is 4. The van der Waals surface area contributed by atoms with Crippen molar-refractivity contribution in [3.63, 3.8) is 0 Å². The Labute approximate surface area is 837 Å². The largest absolute Gasteiger partial charge is 1.00 e. The molecule has 8 aromatic rings. The number of carbonyl (C=O) groups excluding carboxylic acids is 4. The number of halogens is 3. The molecule has 0 radical (unpaired) electrons. The van der Waals surface area contributed by atoms with Gasteiger partial charge >= 0.3 is 53.8 Å². The van der Waals surface area contributed by atoms with E-state index in [1.165, 1.54) is 39.2 Å². The molecule has 8 atom stereocenters. The number of nitrogens with zero attached hydrogens (tertiary/aromatic N) is 30. The zero-order valence-corrected chi connectivity index (χ0v) is 85.4. The summed E-state index contributed by atoms with van der Waals surface area (Å²) in [5.41, 5.74) is 14.0. The van der Waals surface area contributed by atoms with Gasteiger partial charge in [0.1, 0.15) is 16.8 Å². The van der Waals surface area contributed by atoms with Crippen molar-refractivity contribution in [1.29, 1.82) is 5.53 Å². The van der Waals surface area contributed by atoms with Crippen LogP contribution in [0.5, 0.6) is 0 Å². The molecule has 1 aliphatic carbocycles. The van der Waals surface area contributed by atoms with Crippen molar-refractivity contribution in [2.24, 2.45) is 112 Å². The van der Waals surface area contributed by atoms with Crippen molar-refractivity contribution in [2.75, 3.05) is 93.3 Å². The van der Waals surface area contributed by atoms with Crippen molar-refractivity contribution < 1.29 is 86.6 Å². The molecule has 8 N–H and O–H groups in total. The van der Waals surface area contributed by atoms with Crippen LogP contribution in [0.2, 0.25) is 5.28 Å². The molecule has 7 saturated heterocycles. The van der Waals surface area contributed by atoms with Gasteiger partial charge in [0, 0.05) is 141 Å². The molecule has 135 heavy (non-hydrogen) atoms. The van der Waals surface area contributed by atoms with Crippen LogP contribution in [-0.4, -0.2) is 226 Å². The van der Waals surface area contributed by atoms with Gasteiger partial charge < -0.3 is 104 Å². The number of carbonyl (C=O) groups is 4. The Hall–Kier alpha value is -9.49. The predicted molar refractivity (Wildman–Crippen MR) is 504 cm³/mol. The summed E-state index contributed by atoms with van der Waals surface area (Å²) in [6.07, 6.45) is 32.8. The zero-order chi connectivity index (χ0) is 95.0. The summed E-state index contributed by atoms with van der Waals surface area (Å²) < 4.78 is 54.2. The quantitative estimate of drug-likeness (QED) is 0.00421. The van der Waals surface area contributed by atoms with Crippen molar-refractivity contribution in [3.05, 3.63) is 94.7 Å². The Morgan fingerprint density at radius 1 is 0.511 bits per heavy atom.